The third kappa shape index (κ3) is 7.36. The van der Waals surface area contributed by atoms with Crippen LogP contribution in [0.1, 0.15) is 109 Å². The number of hydrogen-bond acceptors (Lipinski definition) is 2. The molecule has 0 spiro atoms. The van der Waals surface area contributed by atoms with Crippen LogP contribution >= 0.6 is 0 Å². The highest BCUT2D eigenvalue weighted by Crippen LogP contribution is 2.42. The molecule has 1 aliphatic rings. The minimum atomic E-state index is -0.108. The Kier molecular flexibility index (Phi) is 9.31. The van der Waals surface area contributed by atoms with Crippen molar-refractivity contribution in [3.8, 4) is 11.5 Å². The number of hydrogen-bond donors (Lipinski definition) is 1. The van der Waals surface area contributed by atoms with Crippen LogP contribution in [0, 0.1) is 25.7 Å². The molecule has 1 aromatic rings. The normalized spacial score (nSPS) is 20.2. The maximum absolute atomic E-state index is 10.1. The van der Waals surface area contributed by atoms with Gasteiger partial charge in [-0.15, -0.1) is 0 Å². The van der Waals surface area contributed by atoms with Gasteiger partial charge in [0.25, 0.3) is 0 Å². The average Bonchev–Trinajstić information content (AvgIpc) is 2.66. The van der Waals surface area contributed by atoms with Gasteiger partial charge in [-0.25, -0.2) is 0 Å². The Morgan fingerprint density at radius 3 is 2.57 bits per heavy atom. The summed E-state index contributed by atoms with van der Waals surface area (Å²) in [6.07, 6.45) is 14.6. The molecule has 170 valence electrons. The van der Waals surface area contributed by atoms with Crippen molar-refractivity contribution in [3.63, 3.8) is 0 Å². The third-order valence-electron chi connectivity index (χ3n) is 6.99. The molecular formula is C28H46O2. The van der Waals surface area contributed by atoms with E-state index >= 15 is 0 Å². The number of phenols is 1. The number of allylic oxidation sites excluding steroid dienone is 2. The Morgan fingerprint density at radius 1 is 1.17 bits per heavy atom. The van der Waals surface area contributed by atoms with Gasteiger partial charge in [-0.1, -0.05) is 58.1 Å². The van der Waals surface area contributed by atoms with Crippen molar-refractivity contribution in [2.45, 2.75) is 118 Å². The molecule has 2 unspecified atom stereocenters. The second-order valence-corrected chi connectivity index (χ2v) is 10.6. The Labute approximate surface area is 186 Å². The minimum Gasteiger partial charge on any atom is -0.508 e. The largest absolute Gasteiger partial charge is 0.508 e. The molecule has 2 nitrogen and oxygen atoms in total. The monoisotopic (exact) mass is 414 g/mol. The predicted molar refractivity (Wildman–Crippen MR) is 130 cm³/mol. The molecule has 0 saturated carbocycles. The van der Waals surface area contributed by atoms with E-state index in [0.29, 0.717) is 5.75 Å². The van der Waals surface area contributed by atoms with Gasteiger partial charge in [0, 0.05) is 5.56 Å². The molecule has 1 heterocycles. The number of aryl methyl sites for hydroxylation is 1. The van der Waals surface area contributed by atoms with Gasteiger partial charge in [0.2, 0.25) is 0 Å². The van der Waals surface area contributed by atoms with E-state index in [1.165, 1.54) is 49.7 Å². The summed E-state index contributed by atoms with van der Waals surface area (Å²) in [4.78, 5) is 0. The van der Waals surface area contributed by atoms with Crippen molar-refractivity contribution < 1.29 is 9.84 Å². The number of benzene rings is 1. The molecular weight excluding hydrogens is 368 g/mol. The summed E-state index contributed by atoms with van der Waals surface area (Å²) in [6.45, 7) is 15.6. The number of ether oxygens (including phenoxy) is 1. The van der Waals surface area contributed by atoms with Gasteiger partial charge in [0.15, 0.2) is 0 Å². The maximum Gasteiger partial charge on any atom is 0.126 e. The van der Waals surface area contributed by atoms with E-state index in [1.54, 1.807) is 0 Å². The van der Waals surface area contributed by atoms with E-state index in [1.807, 2.05) is 19.9 Å². The number of aromatic hydroxyl groups is 1. The Bertz CT molecular complexity index is 716. The van der Waals surface area contributed by atoms with Crippen LogP contribution in [0.4, 0.5) is 0 Å². The zero-order valence-electron chi connectivity index (χ0n) is 20.7. The molecule has 0 aromatic heterocycles. The van der Waals surface area contributed by atoms with Crippen molar-refractivity contribution >= 4 is 0 Å². The van der Waals surface area contributed by atoms with E-state index in [2.05, 4.69) is 40.7 Å². The summed E-state index contributed by atoms with van der Waals surface area (Å²) in [5.41, 5.74) is 4.64. The topological polar surface area (TPSA) is 29.5 Å². The molecule has 0 bridgehead atoms. The zero-order chi connectivity index (χ0) is 22.3. The van der Waals surface area contributed by atoms with Crippen molar-refractivity contribution in [2.24, 2.45) is 11.8 Å². The second kappa shape index (κ2) is 11.3. The first kappa shape index (κ1) is 24.8. The van der Waals surface area contributed by atoms with Crippen LogP contribution in [-0.4, -0.2) is 10.7 Å². The molecule has 1 N–H and O–H groups in total. The fraction of sp³-hybridized carbons (Fsp3) is 0.714. The fourth-order valence-corrected chi connectivity index (χ4v) is 4.72. The van der Waals surface area contributed by atoms with Crippen molar-refractivity contribution in [3.05, 3.63) is 34.4 Å². The van der Waals surface area contributed by atoms with Gasteiger partial charge in [-0.3, -0.25) is 0 Å². The van der Waals surface area contributed by atoms with Crippen LogP contribution in [0.5, 0.6) is 11.5 Å². The molecule has 0 aliphatic carbocycles. The van der Waals surface area contributed by atoms with Gasteiger partial charge in [-0.2, -0.15) is 0 Å². The van der Waals surface area contributed by atoms with Crippen LogP contribution in [0.15, 0.2) is 17.7 Å². The van der Waals surface area contributed by atoms with Crippen LogP contribution < -0.4 is 4.74 Å². The number of rotatable bonds is 11. The van der Waals surface area contributed by atoms with E-state index in [-0.39, 0.29) is 5.60 Å². The Hall–Kier alpha value is -1.44. The third-order valence-corrected chi connectivity index (χ3v) is 6.99. The highest BCUT2D eigenvalue weighted by molar-refractivity contribution is 5.53. The second-order valence-electron chi connectivity index (χ2n) is 10.6. The summed E-state index contributed by atoms with van der Waals surface area (Å²) in [6, 6.07) is 1.84. The van der Waals surface area contributed by atoms with Crippen molar-refractivity contribution in [1.82, 2.24) is 0 Å². The fourth-order valence-electron chi connectivity index (χ4n) is 4.72. The molecule has 1 aromatic carbocycles. The van der Waals surface area contributed by atoms with Gasteiger partial charge in [-0.05, 0) is 95.2 Å². The summed E-state index contributed by atoms with van der Waals surface area (Å²) >= 11 is 0. The lowest BCUT2D eigenvalue weighted by molar-refractivity contribution is 0.0559. The zero-order valence-corrected chi connectivity index (χ0v) is 20.7. The number of fused-ring (bicyclic) bond motifs is 1. The first-order valence-corrected chi connectivity index (χ1v) is 12.3. The highest BCUT2D eigenvalue weighted by atomic mass is 16.5. The Morgan fingerprint density at radius 2 is 1.87 bits per heavy atom. The standard InChI is InChI=1S/C28H46O2/c1-20(2)11-8-12-21(3)13-9-14-22(4)15-10-17-28(7)18-16-25-24(6)26(29)19-23(5)27(25)30-28/h15,19-21,29H,8-14,16-18H2,1-7H3/b22-15+. The van der Waals surface area contributed by atoms with Gasteiger partial charge in [0.1, 0.15) is 17.1 Å². The molecule has 1 aliphatic heterocycles. The Balaban J connectivity index is 1.76. The van der Waals surface area contributed by atoms with Gasteiger partial charge in [0.05, 0.1) is 0 Å². The average molecular weight is 415 g/mol. The van der Waals surface area contributed by atoms with Gasteiger partial charge >= 0.3 is 0 Å². The predicted octanol–water partition coefficient (Wildman–Crippen LogP) is 8.45. The molecule has 0 saturated heterocycles. The van der Waals surface area contributed by atoms with E-state index < -0.39 is 0 Å². The lowest BCUT2D eigenvalue weighted by Crippen LogP contribution is -2.36. The first-order chi connectivity index (χ1) is 14.1. The minimum absolute atomic E-state index is 0.108. The van der Waals surface area contributed by atoms with E-state index in [0.717, 1.165) is 54.4 Å². The lowest BCUT2D eigenvalue weighted by atomic mass is 9.86. The maximum atomic E-state index is 10.1. The summed E-state index contributed by atoms with van der Waals surface area (Å²) in [7, 11) is 0. The van der Waals surface area contributed by atoms with Crippen LogP contribution in [0.25, 0.3) is 0 Å². The van der Waals surface area contributed by atoms with Crippen LogP contribution in [0.2, 0.25) is 0 Å². The smallest absolute Gasteiger partial charge is 0.126 e. The molecule has 0 radical (unpaired) electrons. The van der Waals surface area contributed by atoms with Crippen LogP contribution in [-0.2, 0) is 6.42 Å². The molecule has 2 atom stereocenters. The quantitative estimate of drug-likeness (QED) is 0.368. The summed E-state index contributed by atoms with van der Waals surface area (Å²) in [5, 5.41) is 10.1. The van der Waals surface area contributed by atoms with Crippen molar-refractivity contribution in [1.29, 1.82) is 0 Å². The molecule has 30 heavy (non-hydrogen) atoms. The van der Waals surface area contributed by atoms with Crippen molar-refractivity contribution in [2.75, 3.05) is 0 Å². The van der Waals surface area contributed by atoms with E-state index in [4.69, 9.17) is 4.74 Å². The SMILES string of the molecule is C/C(=C\CCC1(C)CCc2c(C)c(O)cc(C)c2O1)CCCC(C)CCCC(C)C. The van der Waals surface area contributed by atoms with Gasteiger partial charge < -0.3 is 9.84 Å². The van der Waals surface area contributed by atoms with E-state index in [9.17, 15) is 5.11 Å². The first-order valence-electron chi connectivity index (χ1n) is 12.3. The van der Waals surface area contributed by atoms with Crippen LogP contribution in [0.3, 0.4) is 0 Å². The molecule has 0 amide bonds. The summed E-state index contributed by atoms with van der Waals surface area (Å²) in [5.74, 6) is 3.10. The molecule has 2 rings (SSSR count). The lowest BCUT2D eigenvalue weighted by Gasteiger charge is -2.37. The highest BCUT2D eigenvalue weighted by Gasteiger charge is 2.33. The molecule has 2 heteroatoms. The molecule has 0 fully saturated rings. The number of phenolic OH excluding ortho intramolecular Hbond substituents is 1. The summed E-state index contributed by atoms with van der Waals surface area (Å²) < 4.78 is 6.49.